The molecule has 3 rings (SSSR count). The lowest BCUT2D eigenvalue weighted by Crippen LogP contribution is -2.39. The van der Waals surface area contributed by atoms with Crippen molar-refractivity contribution in [2.24, 2.45) is 0 Å². The van der Waals surface area contributed by atoms with Crippen LogP contribution in [0, 0.1) is 10.1 Å². The number of hydrogen-bond donors (Lipinski definition) is 0. The van der Waals surface area contributed by atoms with E-state index in [1.54, 1.807) is 17.4 Å². The van der Waals surface area contributed by atoms with Crippen LogP contribution in [0.3, 0.4) is 0 Å². The van der Waals surface area contributed by atoms with E-state index < -0.39 is 4.92 Å². The standard InChI is InChI=1S/C17H18N2O4S/c1-3-13-12-7-9-24-16(12)6-8-18(13)17(20)11-4-5-15(23-2)14(10-11)19(21)22/h4-5,7,9-10,13H,3,6,8H2,1-2H3. The topological polar surface area (TPSA) is 72.7 Å². The van der Waals surface area contributed by atoms with Crippen molar-refractivity contribution < 1.29 is 14.5 Å². The molecule has 0 N–H and O–H groups in total. The molecule has 0 fully saturated rings. The van der Waals surface area contributed by atoms with Gasteiger partial charge in [0.15, 0.2) is 5.75 Å². The van der Waals surface area contributed by atoms with Crippen molar-refractivity contribution >= 4 is 22.9 Å². The minimum atomic E-state index is -0.528. The zero-order chi connectivity index (χ0) is 17.3. The van der Waals surface area contributed by atoms with Crippen molar-refractivity contribution in [1.29, 1.82) is 0 Å². The van der Waals surface area contributed by atoms with Gasteiger partial charge in [0.25, 0.3) is 5.91 Å². The second-order valence-corrected chi connectivity index (χ2v) is 6.62. The molecule has 0 saturated carbocycles. The van der Waals surface area contributed by atoms with Crippen LogP contribution in [-0.2, 0) is 6.42 Å². The van der Waals surface area contributed by atoms with Crippen LogP contribution in [0.2, 0.25) is 0 Å². The van der Waals surface area contributed by atoms with Crippen molar-refractivity contribution in [3.63, 3.8) is 0 Å². The number of carbonyl (C=O) groups is 1. The van der Waals surface area contributed by atoms with Gasteiger partial charge in [-0.3, -0.25) is 14.9 Å². The minimum absolute atomic E-state index is 0.0219. The molecule has 1 amide bonds. The first-order valence-electron chi connectivity index (χ1n) is 7.76. The number of hydrogen-bond acceptors (Lipinski definition) is 5. The maximum absolute atomic E-state index is 12.9. The quantitative estimate of drug-likeness (QED) is 0.623. The molecule has 1 unspecified atom stereocenters. The molecule has 126 valence electrons. The fraction of sp³-hybridized carbons (Fsp3) is 0.353. The number of benzene rings is 1. The monoisotopic (exact) mass is 346 g/mol. The van der Waals surface area contributed by atoms with E-state index in [2.05, 4.69) is 11.4 Å². The zero-order valence-electron chi connectivity index (χ0n) is 13.5. The predicted octanol–water partition coefficient (Wildman–Crippen LogP) is 3.81. The van der Waals surface area contributed by atoms with Gasteiger partial charge in [-0.1, -0.05) is 6.92 Å². The lowest BCUT2D eigenvalue weighted by Gasteiger charge is -2.35. The number of rotatable bonds is 4. The van der Waals surface area contributed by atoms with Crippen molar-refractivity contribution in [2.75, 3.05) is 13.7 Å². The Kier molecular flexibility index (Phi) is 4.53. The highest BCUT2D eigenvalue weighted by atomic mass is 32.1. The Morgan fingerprint density at radius 2 is 2.25 bits per heavy atom. The van der Waals surface area contributed by atoms with Gasteiger partial charge in [-0.25, -0.2) is 0 Å². The van der Waals surface area contributed by atoms with Gasteiger partial charge in [0, 0.05) is 23.1 Å². The summed E-state index contributed by atoms with van der Waals surface area (Å²) in [6.45, 7) is 2.68. The SMILES string of the molecule is CCC1c2ccsc2CCN1C(=O)c1ccc(OC)c([N+](=O)[O-])c1. The lowest BCUT2D eigenvalue weighted by atomic mass is 9.96. The van der Waals surface area contributed by atoms with Crippen molar-refractivity contribution in [1.82, 2.24) is 4.90 Å². The van der Waals surface area contributed by atoms with Crippen LogP contribution in [0.4, 0.5) is 5.69 Å². The van der Waals surface area contributed by atoms with E-state index in [9.17, 15) is 14.9 Å². The molecule has 0 bridgehead atoms. The molecule has 1 aliphatic rings. The van der Waals surface area contributed by atoms with E-state index in [-0.39, 0.29) is 23.4 Å². The Morgan fingerprint density at radius 1 is 1.46 bits per heavy atom. The number of methoxy groups -OCH3 is 1. The van der Waals surface area contributed by atoms with Crippen LogP contribution in [0.1, 0.15) is 40.2 Å². The average Bonchev–Trinajstić information content (AvgIpc) is 3.08. The van der Waals surface area contributed by atoms with E-state index in [4.69, 9.17) is 4.74 Å². The number of amides is 1. The molecule has 1 aromatic heterocycles. The molecule has 2 heterocycles. The van der Waals surface area contributed by atoms with Crippen molar-refractivity contribution in [3.8, 4) is 5.75 Å². The number of fused-ring (bicyclic) bond motifs is 1. The maximum Gasteiger partial charge on any atom is 0.311 e. The van der Waals surface area contributed by atoms with Gasteiger partial charge < -0.3 is 9.64 Å². The molecule has 0 spiro atoms. The van der Waals surface area contributed by atoms with E-state index >= 15 is 0 Å². The van der Waals surface area contributed by atoms with Crippen LogP contribution in [0.15, 0.2) is 29.6 Å². The molecule has 1 aliphatic heterocycles. The second kappa shape index (κ2) is 6.60. The molecular weight excluding hydrogens is 328 g/mol. The van der Waals surface area contributed by atoms with Crippen LogP contribution >= 0.6 is 11.3 Å². The van der Waals surface area contributed by atoms with Gasteiger partial charge in [0.05, 0.1) is 18.1 Å². The Hall–Kier alpha value is -2.41. The fourth-order valence-corrected chi connectivity index (χ4v) is 4.14. The molecule has 1 atom stereocenters. The molecule has 7 heteroatoms. The number of nitro groups is 1. The van der Waals surface area contributed by atoms with Gasteiger partial charge in [-0.05, 0) is 42.0 Å². The summed E-state index contributed by atoms with van der Waals surface area (Å²) in [4.78, 5) is 26.7. The summed E-state index contributed by atoms with van der Waals surface area (Å²) in [6, 6.07) is 6.46. The van der Waals surface area contributed by atoms with Gasteiger partial charge in [0.1, 0.15) is 0 Å². The minimum Gasteiger partial charge on any atom is -0.490 e. The van der Waals surface area contributed by atoms with Gasteiger partial charge in [-0.2, -0.15) is 0 Å². The Labute approximate surface area is 143 Å². The summed E-state index contributed by atoms with van der Waals surface area (Å²) >= 11 is 1.72. The summed E-state index contributed by atoms with van der Waals surface area (Å²) in [5, 5.41) is 13.2. The number of carbonyl (C=O) groups excluding carboxylic acids is 1. The molecule has 1 aromatic carbocycles. The molecule has 2 aromatic rings. The predicted molar refractivity (Wildman–Crippen MR) is 91.7 cm³/mol. The van der Waals surface area contributed by atoms with Gasteiger partial charge >= 0.3 is 5.69 Å². The summed E-state index contributed by atoms with van der Waals surface area (Å²) in [6.07, 6.45) is 1.64. The van der Waals surface area contributed by atoms with E-state index in [0.717, 1.165) is 12.8 Å². The largest absolute Gasteiger partial charge is 0.490 e. The van der Waals surface area contributed by atoms with Crippen molar-refractivity contribution in [3.05, 3.63) is 55.8 Å². The molecule has 0 radical (unpaired) electrons. The highest BCUT2D eigenvalue weighted by molar-refractivity contribution is 7.10. The molecular formula is C17H18N2O4S. The second-order valence-electron chi connectivity index (χ2n) is 5.62. The number of nitro benzene ring substituents is 1. The highest BCUT2D eigenvalue weighted by Gasteiger charge is 2.31. The molecule has 0 aliphatic carbocycles. The third-order valence-corrected chi connectivity index (χ3v) is 5.36. The number of thiophene rings is 1. The zero-order valence-corrected chi connectivity index (χ0v) is 14.3. The third-order valence-electron chi connectivity index (χ3n) is 4.36. The number of ether oxygens (including phenoxy) is 1. The van der Waals surface area contributed by atoms with Crippen LogP contribution in [0.5, 0.6) is 5.75 Å². The van der Waals surface area contributed by atoms with Crippen LogP contribution in [0.25, 0.3) is 0 Å². The molecule has 24 heavy (non-hydrogen) atoms. The van der Waals surface area contributed by atoms with Crippen LogP contribution < -0.4 is 4.74 Å². The van der Waals surface area contributed by atoms with E-state index in [0.29, 0.717) is 12.1 Å². The molecule has 6 nitrogen and oxygen atoms in total. The highest BCUT2D eigenvalue weighted by Crippen LogP contribution is 2.36. The first kappa shape index (κ1) is 16.4. The van der Waals surface area contributed by atoms with Crippen LogP contribution in [-0.4, -0.2) is 29.4 Å². The maximum atomic E-state index is 12.9. The van der Waals surface area contributed by atoms with E-state index in [1.807, 2.05) is 11.8 Å². The summed E-state index contributed by atoms with van der Waals surface area (Å²) in [5.41, 5.74) is 1.33. The van der Waals surface area contributed by atoms with Gasteiger partial charge in [-0.15, -0.1) is 11.3 Å². The Balaban J connectivity index is 1.94. The summed E-state index contributed by atoms with van der Waals surface area (Å²) in [5.74, 6) is -0.0215. The number of nitrogens with zero attached hydrogens (tertiary/aromatic N) is 2. The fourth-order valence-electron chi connectivity index (χ4n) is 3.21. The normalized spacial score (nSPS) is 16.6. The Bertz CT molecular complexity index is 787. The van der Waals surface area contributed by atoms with Crippen molar-refractivity contribution in [2.45, 2.75) is 25.8 Å². The Morgan fingerprint density at radius 3 is 2.92 bits per heavy atom. The average molecular weight is 346 g/mol. The first-order chi connectivity index (χ1) is 11.6. The lowest BCUT2D eigenvalue weighted by molar-refractivity contribution is -0.385. The molecule has 0 saturated heterocycles. The van der Waals surface area contributed by atoms with Gasteiger partial charge in [0.2, 0.25) is 0 Å². The third kappa shape index (κ3) is 2.75. The van der Waals surface area contributed by atoms with E-state index in [1.165, 1.54) is 29.7 Å². The smallest absolute Gasteiger partial charge is 0.311 e. The summed E-state index contributed by atoms with van der Waals surface area (Å²) < 4.78 is 5.00. The first-order valence-corrected chi connectivity index (χ1v) is 8.64. The summed E-state index contributed by atoms with van der Waals surface area (Å²) in [7, 11) is 1.37.